The van der Waals surface area contributed by atoms with E-state index in [4.69, 9.17) is 14.6 Å². The van der Waals surface area contributed by atoms with E-state index in [2.05, 4.69) is 0 Å². The van der Waals surface area contributed by atoms with Crippen molar-refractivity contribution in [2.45, 2.75) is 11.0 Å². The van der Waals surface area contributed by atoms with Crippen molar-refractivity contribution in [2.75, 3.05) is 18.5 Å². The smallest absolute Gasteiger partial charge is 0.409 e. The SMILES string of the molecule is O=C(O)Nc1cc(S(F)(F)(F)(F)F)ccc1OC1COC1. The molecule has 2 rings (SSSR count). The predicted octanol–water partition coefficient (Wildman–Crippen LogP) is 4.21. The van der Waals surface area contributed by atoms with Crippen LogP contribution in [0.3, 0.4) is 0 Å². The van der Waals surface area contributed by atoms with E-state index in [1.54, 1.807) is 5.32 Å². The van der Waals surface area contributed by atoms with Crippen LogP contribution in [-0.2, 0) is 4.74 Å². The summed E-state index contributed by atoms with van der Waals surface area (Å²) in [5.41, 5.74) is -0.708. The van der Waals surface area contributed by atoms with Crippen LogP contribution in [0.4, 0.5) is 29.9 Å². The lowest BCUT2D eigenvalue weighted by Gasteiger charge is -2.40. The van der Waals surface area contributed by atoms with Gasteiger partial charge in [0, 0.05) is 0 Å². The third-order valence-electron chi connectivity index (χ3n) is 2.54. The summed E-state index contributed by atoms with van der Waals surface area (Å²) in [5, 5.41) is 10.2. The van der Waals surface area contributed by atoms with Crippen molar-refractivity contribution in [1.29, 1.82) is 0 Å². The van der Waals surface area contributed by atoms with Gasteiger partial charge in [0.1, 0.15) is 16.7 Å². The molecular weight excluding hydrogens is 325 g/mol. The Balaban J connectivity index is 2.42. The van der Waals surface area contributed by atoms with Crippen molar-refractivity contribution in [3.8, 4) is 5.75 Å². The molecule has 1 saturated heterocycles. The molecule has 0 unspecified atom stereocenters. The highest BCUT2D eigenvalue weighted by atomic mass is 32.5. The maximum atomic E-state index is 12.7. The highest BCUT2D eigenvalue weighted by Gasteiger charge is 2.65. The van der Waals surface area contributed by atoms with Crippen molar-refractivity contribution < 1.29 is 38.8 Å². The van der Waals surface area contributed by atoms with E-state index < -0.39 is 33.0 Å². The Kier molecular flexibility index (Phi) is 3.08. The van der Waals surface area contributed by atoms with Crippen molar-refractivity contribution >= 4 is 22.0 Å². The maximum Gasteiger partial charge on any atom is 0.409 e. The first kappa shape index (κ1) is 15.6. The summed E-state index contributed by atoms with van der Waals surface area (Å²) in [6.45, 7) is 0.353. The molecule has 0 aliphatic carbocycles. The maximum absolute atomic E-state index is 12.7. The van der Waals surface area contributed by atoms with Crippen molar-refractivity contribution in [3.63, 3.8) is 0 Å². The highest BCUT2D eigenvalue weighted by molar-refractivity contribution is 8.45. The van der Waals surface area contributed by atoms with Crippen LogP contribution in [0.2, 0.25) is 0 Å². The summed E-state index contributed by atoms with van der Waals surface area (Å²) in [6.07, 6.45) is -2.17. The molecule has 1 heterocycles. The largest absolute Gasteiger partial charge is 0.483 e. The highest BCUT2D eigenvalue weighted by Crippen LogP contribution is 3.02. The van der Waals surface area contributed by atoms with Gasteiger partial charge in [-0.25, -0.2) is 4.79 Å². The molecule has 1 amide bonds. The number of hydrogen-bond acceptors (Lipinski definition) is 3. The van der Waals surface area contributed by atoms with Gasteiger partial charge in [0.05, 0.1) is 18.9 Å². The fraction of sp³-hybridized carbons (Fsp3) is 0.300. The number of hydrogen-bond donors (Lipinski definition) is 2. The van der Waals surface area contributed by atoms with Crippen LogP contribution in [-0.4, -0.2) is 30.5 Å². The quantitative estimate of drug-likeness (QED) is 0.809. The van der Waals surface area contributed by atoms with Crippen LogP contribution in [0.1, 0.15) is 0 Å². The topological polar surface area (TPSA) is 67.8 Å². The second-order valence-corrected chi connectivity index (χ2v) is 6.74. The Bertz CT molecular complexity index is 587. The van der Waals surface area contributed by atoms with Gasteiger partial charge >= 0.3 is 16.3 Å². The second-order valence-electron chi connectivity index (χ2n) is 4.33. The average Bonchev–Trinajstić information content (AvgIpc) is 2.20. The third kappa shape index (κ3) is 3.88. The Labute approximate surface area is 115 Å². The first-order chi connectivity index (χ1) is 9.35. The molecule has 1 aliphatic rings. The number of carboxylic acid groups (broad SMARTS) is 1. The first-order valence-corrected chi connectivity index (χ1v) is 7.43. The van der Waals surface area contributed by atoms with Crippen LogP contribution in [0.5, 0.6) is 5.75 Å². The fourth-order valence-corrected chi connectivity index (χ4v) is 2.19. The minimum absolute atomic E-state index is 0.0184. The Hall–Kier alpha value is -1.75. The number of amides is 1. The molecule has 0 aromatic heterocycles. The molecular formula is C10H10F5NO4S. The lowest BCUT2D eigenvalue weighted by molar-refractivity contribution is -0.0794. The molecule has 1 fully saturated rings. The molecule has 5 nitrogen and oxygen atoms in total. The first-order valence-electron chi connectivity index (χ1n) is 5.48. The molecule has 1 aromatic rings. The molecule has 0 saturated carbocycles. The van der Waals surface area contributed by atoms with Crippen molar-refractivity contribution in [2.24, 2.45) is 0 Å². The van der Waals surface area contributed by atoms with Gasteiger partial charge in [-0.1, -0.05) is 19.4 Å². The molecule has 0 radical (unpaired) electrons. The van der Waals surface area contributed by atoms with E-state index in [-0.39, 0.29) is 31.1 Å². The standard InChI is InChI=1S/C10H10F5NO4S/c11-21(12,13,14,15)7-1-2-9(20-6-4-19-5-6)8(3-7)16-10(17)18/h1-3,6,16H,4-5H2,(H,17,18). The van der Waals surface area contributed by atoms with Gasteiger partial charge in [-0.15, -0.1) is 0 Å². The Morgan fingerprint density at radius 3 is 2.33 bits per heavy atom. The van der Waals surface area contributed by atoms with Gasteiger partial charge < -0.3 is 14.6 Å². The molecule has 2 N–H and O–H groups in total. The van der Waals surface area contributed by atoms with Gasteiger partial charge in [0.2, 0.25) is 0 Å². The van der Waals surface area contributed by atoms with Crippen LogP contribution in [0, 0.1) is 0 Å². The molecule has 0 atom stereocenters. The lowest BCUT2D eigenvalue weighted by Crippen LogP contribution is -2.38. The summed E-state index contributed by atoms with van der Waals surface area (Å²) in [7, 11) is -9.90. The third-order valence-corrected chi connectivity index (χ3v) is 3.68. The van der Waals surface area contributed by atoms with Crippen LogP contribution < -0.4 is 10.1 Å². The fourth-order valence-electron chi connectivity index (χ4n) is 1.53. The van der Waals surface area contributed by atoms with Gasteiger partial charge in [-0.05, 0) is 18.2 Å². The number of ether oxygens (including phenoxy) is 2. The summed E-state index contributed by atoms with van der Waals surface area (Å²) >= 11 is 0. The average molecular weight is 335 g/mol. The predicted molar refractivity (Wildman–Crippen MR) is 64.7 cm³/mol. The molecule has 21 heavy (non-hydrogen) atoms. The summed E-state index contributed by atoms with van der Waals surface area (Å²) in [6, 6.07) is 0.824. The number of nitrogens with one attached hydrogen (secondary N) is 1. The van der Waals surface area contributed by atoms with Crippen LogP contribution in [0.25, 0.3) is 0 Å². The van der Waals surface area contributed by atoms with E-state index in [1.165, 1.54) is 0 Å². The van der Waals surface area contributed by atoms with Crippen LogP contribution >= 0.6 is 10.2 Å². The molecule has 1 aromatic carbocycles. The Morgan fingerprint density at radius 2 is 1.90 bits per heavy atom. The van der Waals surface area contributed by atoms with Crippen LogP contribution in [0.15, 0.2) is 23.1 Å². The van der Waals surface area contributed by atoms with Crippen molar-refractivity contribution in [1.82, 2.24) is 0 Å². The number of halogens is 5. The number of anilines is 1. The summed E-state index contributed by atoms with van der Waals surface area (Å²) in [5.74, 6) is -0.281. The van der Waals surface area contributed by atoms with Gasteiger partial charge in [0.25, 0.3) is 0 Å². The number of benzene rings is 1. The van der Waals surface area contributed by atoms with Gasteiger partial charge in [-0.3, -0.25) is 5.32 Å². The number of rotatable bonds is 4. The van der Waals surface area contributed by atoms with E-state index in [1.807, 2.05) is 0 Å². The molecule has 0 spiro atoms. The van der Waals surface area contributed by atoms with E-state index in [0.717, 1.165) is 0 Å². The zero-order chi connectivity index (χ0) is 16.0. The normalized spacial score (nSPS) is 19.1. The molecule has 11 heteroatoms. The molecule has 1 aliphatic heterocycles. The zero-order valence-corrected chi connectivity index (χ0v) is 11.0. The molecule has 0 bridgehead atoms. The summed E-state index contributed by atoms with van der Waals surface area (Å²) in [4.78, 5) is 8.36. The number of carbonyl (C=O) groups is 1. The van der Waals surface area contributed by atoms with Crippen molar-refractivity contribution in [3.05, 3.63) is 18.2 Å². The van der Waals surface area contributed by atoms with E-state index >= 15 is 0 Å². The van der Waals surface area contributed by atoms with Gasteiger partial charge in [0.15, 0.2) is 0 Å². The van der Waals surface area contributed by atoms with Gasteiger partial charge in [-0.2, -0.15) is 0 Å². The van der Waals surface area contributed by atoms with E-state index in [9.17, 15) is 24.2 Å². The Morgan fingerprint density at radius 1 is 1.29 bits per heavy atom. The summed E-state index contributed by atoms with van der Waals surface area (Å²) < 4.78 is 73.5. The zero-order valence-electron chi connectivity index (χ0n) is 10.2. The minimum Gasteiger partial charge on any atom is -0.483 e. The lowest BCUT2D eigenvalue weighted by atomic mass is 10.2. The minimum atomic E-state index is -9.90. The van der Waals surface area contributed by atoms with E-state index in [0.29, 0.717) is 6.07 Å². The second kappa shape index (κ2) is 4.13. The molecule has 120 valence electrons. The monoisotopic (exact) mass is 335 g/mol.